The molecule has 1 aromatic carbocycles. The van der Waals surface area contributed by atoms with Crippen LogP contribution in [-0.4, -0.2) is 40.9 Å². The number of rotatable bonds is 6. The van der Waals surface area contributed by atoms with Crippen LogP contribution < -0.4 is 5.32 Å². The second-order valence-electron chi connectivity index (χ2n) is 6.40. The minimum Gasteiger partial charge on any atom is -0.481 e. The summed E-state index contributed by atoms with van der Waals surface area (Å²) in [6.45, 7) is 1.57. The van der Waals surface area contributed by atoms with Crippen LogP contribution in [0.2, 0.25) is 0 Å². The first-order valence-corrected chi connectivity index (χ1v) is 8.59. The van der Waals surface area contributed by atoms with Crippen LogP contribution >= 0.6 is 0 Å². The Hall–Kier alpha value is -2.51. The summed E-state index contributed by atoms with van der Waals surface area (Å²) in [6, 6.07) is 3.23. The minimum absolute atomic E-state index is 0.236. The number of carbonyl (C=O) groups excluding carboxylic acids is 2. The number of nitrogens with one attached hydrogen (secondary N) is 1. The summed E-state index contributed by atoms with van der Waals surface area (Å²) >= 11 is 0. The van der Waals surface area contributed by atoms with Crippen LogP contribution in [0.3, 0.4) is 0 Å². The fourth-order valence-electron chi connectivity index (χ4n) is 3.21. The average molecular weight is 368 g/mol. The largest absolute Gasteiger partial charge is 0.481 e. The van der Waals surface area contributed by atoms with Crippen LogP contribution in [-0.2, 0) is 14.4 Å². The van der Waals surface area contributed by atoms with Gasteiger partial charge in [0.1, 0.15) is 17.3 Å². The molecule has 1 aliphatic rings. The third kappa shape index (κ3) is 4.77. The highest BCUT2D eigenvalue weighted by Gasteiger charge is 2.33. The topological polar surface area (TPSA) is 86.7 Å². The Morgan fingerprint density at radius 1 is 1.19 bits per heavy atom. The number of hydrogen-bond acceptors (Lipinski definition) is 3. The molecule has 2 rings (SSSR count). The highest BCUT2D eigenvalue weighted by molar-refractivity contribution is 5.95. The highest BCUT2D eigenvalue weighted by Crippen LogP contribution is 2.30. The van der Waals surface area contributed by atoms with E-state index in [1.807, 2.05) is 0 Å². The fourth-order valence-corrected chi connectivity index (χ4v) is 3.21. The Balaban J connectivity index is 2.00. The van der Waals surface area contributed by atoms with Crippen molar-refractivity contribution in [2.75, 3.05) is 18.4 Å². The second kappa shape index (κ2) is 8.73. The van der Waals surface area contributed by atoms with E-state index in [1.54, 1.807) is 6.92 Å². The molecule has 1 aliphatic carbocycles. The summed E-state index contributed by atoms with van der Waals surface area (Å²) in [6.07, 6.45) is 1.99. The molecule has 2 amide bonds. The van der Waals surface area contributed by atoms with E-state index < -0.39 is 41.0 Å². The normalized spacial score (nSPS) is 19.7. The zero-order chi connectivity index (χ0) is 19.3. The Morgan fingerprint density at radius 2 is 1.81 bits per heavy atom. The number of carbonyl (C=O) groups is 3. The molecule has 8 heteroatoms. The molecule has 1 aromatic rings. The zero-order valence-electron chi connectivity index (χ0n) is 14.5. The summed E-state index contributed by atoms with van der Waals surface area (Å²) < 4.78 is 27.2. The van der Waals surface area contributed by atoms with Gasteiger partial charge in [-0.05, 0) is 38.3 Å². The number of anilines is 1. The van der Waals surface area contributed by atoms with Crippen LogP contribution in [0.1, 0.15) is 32.6 Å². The summed E-state index contributed by atoms with van der Waals surface area (Å²) in [5.74, 6) is -4.75. The van der Waals surface area contributed by atoms with E-state index >= 15 is 0 Å². The second-order valence-corrected chi connectivity index (χ2v) is 6.40. The van der Waals surface area contributed by atoms with Gasteiger partial charge in [0.25, 0.3) is 0 Å². The lowest BCUT2D eigenvalue weighted by atomic mass is 9.80. The minimum atomic E-state index is -0.918. The maximum Gasteiger partial charge on any atom is 0.306 e. The van der Waals surface area contributed by atoms with Crippen LogP contribution in [0.15, 0.2) is 18.2 Å². The van der Waals surface area contributed by atoms with Gasteiger partial charge in [-0.1, -0.05) is 12.5 Å². The van der Waals surface area contributed by atoms with E-state index in [1.165, 1.54) is 11.0 Å². The molecule has 2 atom stereocenters. The average Bonchev–Trinajstić information content (AvgIpc) is 2.62. The molecule has 0 spiro atoms. The van der Waals surface area contributed by atoms with Crippen molar-refractivity contribution in [1.82, 2.24) is 4.90 Å². The molecule has 0 heterocycles. The number of aliphatic carboxylic acids is 1. The zero-order valence-corrected chi connectivity index (χ0v) is 14.5. The Labute approximate surface area is 150 Å². The van der Waals surface area contributed by atoms with Gasteiger partial charge in [-0.2, -0.15) is 0 Å². The number of carboxylic acids is 1. The maximum absolute atomic E-state index is 13.6. The molecule has 0 saturated heterocycles. The van der Waals surface area contributed by atoms with Gasteiger partial charge in [-0.15, -0.1) is 0 Å². The predicted octanol–water partition coefficient (Wildman–Crippen LogP) is 2.64. The van der Waals surface area contributed by atoms with Gasteiger partial charge in [0, 0.05) is 12.5 Å². The van der Waals surface area contributed by atoms with Gasteiger partial charge in [0.2, 0.25) is 11.8 Å². The number of amides is 2. The van der Waals surface area contributed by atoms with Crippen LogP contribution in [0.4, 0.5) is 14.5 Å². The Bertz CT molecular complexity index is 676. The number of para-hydroxylation sites is 1. The molecule has 0 aromatic heterocycles. The lowest BCUT2D eigenvalue weighted by Gasteiger charge is -2.30. The molecule has 142 valence electrons. The van der Waals surface area contributed by atoms with Crippen molar-refractivity contribution in [2.24, 2.45) is 11.8 Å². The van der Waals surface area contributed by atoms with Gasteiger partial charge in [-0.25, -0.2) is 8.78 Å². The molecule has 0 bridgehead atoms. The molecule has 0 aliphatic heterocycles. The van der Waals surface area contributed by atoms with Crippen molar-refractivity contribution in [2.45, 2.75) is 32.6 Å². The van der Waals surface area contributed by atoms with E-state index in [2.05, 4.69) is 5.32 Å². The molecule has 2 unspecified atom stereocenters. The first-order valence-electron chi connectivity index (χ1n) is 8.59. The van der Waals surface area contributed by atoms with E-state index in [-0.39, 0.29) is 25.4 Å². The quantitative estimate of drug-likeness (QED) is 0.808. The smallest absolute Gasteiger partial charge is 0.306 e. The van der Waals surface area contributed by atoms with Crippen LogP contribution in [0, 0.1) is 23.5 Å². The molecular formula is C18H22F2N2O4. The first-order chi connectivity index (χ1) is 12.3. The lowest BCUT2D eigenvalue weighted by Crippen LogP contribution is -2.43. The van der Waals surface area contributed by atoms with Gasteiger partial charge in [0.15, 0.2) is 0 Å². The molecule has 2 N–H and O–H groups in total. The van der Waals surface area contributed by atoms with E-state index in [9.17, 15) is 23.2 Å². The number of likely N-dealkylation sites (N-methyl/N-ethyl adjacent to an activating group) is 1. The van der Waals surface area contributed by atoms with Crippen molar-refractivity contribution < 1.29 is 28.3 Å². The van der Waals surface area contributed by atoms with Crippen molar-refractivity contribution in [3.05, 3.63) is 29.8 Å². The maximum atomic E-state index is 13.6. The van der Waals surface area contributed by atoms with Gasteiger partial charge < -0.3 is 15.3 Å². The van der Waals surface area contributed by atoms with Crippen molar-refractivity contribution in [3.63, 3.8) is 0 Å². The summed E-state index contributed by atoms with van der Waals surface area (Å²) in [4.78, 5) is 37.2. The molecule has 1 fully saturated rings. The fraction of sp³-hybridized carbons (Fsp3) is 0.500. The Morgan fingerprint density at radius 3 is 2.38 bits per heavy atom. The number of hydrogen-bond donors (Lipinski definition) is 2. The SMILES string of the molecule is CCN(CC(=O)Nc1c(F)cccc1F)C(=O)C1CCCC(C(=O)O)C1. The van der Waals surface area contributed by atoms with Crippen molar-refractivity contribution >= 4 is 23.5 Å². The number of nitrogens with zero attached hydrogens (tertiary/aromatic N) is 1. The van der Waals surface area contributed by atoms with E-state index in [0.717, 1.165) is 12.1 Å². The number of benzene rings is 1. The summed E-state index contributed by atoms with van der Waals surface area (Å²) in [7, 11) is 0. The van der Waals surface area contributed by atoms with Crippen molar-refractivity contribution in [1.29, 1.82) is 0 Å². The monoisotopic (exact) mass is 368 g/mol. The Kier molecular flexibility index (Phi) is 6.65. The number of halogens is 2. The summed E-state index contributed by atoms with van der Waals surface area (Å²) in [5, 5.41) is 11.3. The third-order valence-corrected chi connectivity index (χ3v) is 4.63. The predicted molar refractivity (Wildman–Crippen MR) is 90.3 cm³/mol. The first kappa shape index (κ1) is 19.8. The van der Waals surface area contributed by atoms with Crippen LogP contribution in [0.25, 0.3) is 0 Å². The highest BCUT2D eigenvalue weighted by atomic mass is 19.1. The third-order valence-electron chi connectivity index (χ3n) is 4.63. The number of carboxylic acid groups (broad SMARTS) is 1. The lowest BCUT2D eigenvalue weighted by molar-refractivity contribution is -0.146. The standard InChI is InChI=1S/C18H22F2N2O4/c1-2-22(17(24)11-5-3-6-12(9-11)18(25)26)10-15(23)21-16-13(19)7-4-8-14(16)20/h4,7-8,11-12H,2-3,5-6,9-10H2,1H3,(H,21,23)(H,25,26). The molecule has 26 heavy (non-hydrogen) atoms. The van der Waals surface area contributed by atoms with Crippen LogP contribution in [0.5, 0.6) is 0 Å². The van der Waals surface area contributed by atoms with Gasteiger partial charge in [0.05, 0.1) is 12.5 Å². The van der Waals surface area contributed by atoms with Gasteiger partial charge >= 0.3 is 5.97 Å². The summed E-state index contributed by atoms with van der Waals surface area (Å²) in [5.41, 5.74) is -0.551. The van der Waals surface area contributed by atoms with E-state index in [0.29, 0.717) is 19.3 Å². The van der Waals surface area contributed by atoms with E-state index in [4.69, 9.17) is 5.11 Å². The van der Waals surface area contributed by atoms with Gasteiger partial charge in [-0.3, -0.25) is 14.4 Å². The molecular weight excluding hydrogens is 346 g/mol. The molecule has 6 nitrogen and oxygen atoms in total. The molecule has 1 saturated carbocycles. The van der Waals surface area contributed by atoms with Crippen molar-refractivity contribution in [3.8, 4) is 0 Å². The molecule has 0 radical (unpaired) electrons.